The van der Waals surface area contributed by atoms with Gasteiger partial charge in [0.25, 0.3) is 5.69 Å². The standard InChI is InChI=1S/C13H17BrFN3O3/c14-10-7-12(13(18(19)20)8-11(10)15)17-5-6-21-9-1-3-16-4-2-9/h7-9,16-17H,1-6H2. The van der Waals surface area contributed by atoms with Gasteiger partial charge in [-0.05, 0) is 47.9 Å². The quantitative estimate of drug-likeness (QED) is 0.462. The highest BCUT2D eigenvalue weighted by molar-refractivity contribution is 9.10. The third-order valence-corrected chi connectivity index (χ3v) is 3.90. The average Bonchev–Trinajstić information content (AvgIpc) is 2.47. The lowest BCUT2D eigenvalue weighted by Crippen LogP contribution is -2.33. The van der Waals surface area contributed by atoms with E-state index in [4.69, 9.17) is 4.74 Å². The maximum Gasteiger partial charge on any atom is 0.295 e. The molecule has 1 aliphatic heterocycles. The van der Waals surface area contributed by atoms with Gasteiger partial charge in [-0.15, -0.1) is 0 Å². The number of hydrogen-bond acceptors (Lipinski definition) is 5. The lowest BCUT2D eigenvalue weighted by atomic mass is 10.1. The van der Waals surface area contributed by atoms with Crippen molar-refractivity contribution in [2.24, 2.45) is 0 Å². The molecule has 21 heavy (non-hydrogen) atoms. The minimum Gasteiger partial charge on any atom is -0.377 e. The number of nitrogens with zero attached hydrogens (tertiary/aromatic N) is 1. The van der Waals surface area contributed by atoms with Crippen LogP contribution in [0.4, 0.5) is 15.8 Å². The van der Waals surface area contributed by atoms with Gasteiger partial charge in [-0.3, -0.25) is 10.1 Å². The first-order chi connectivity index (χ1) is 10.1. The van der Waals surface area contributed by atoms with E-state index in [9.17, 15) is 14.5 Å². The van der Waals surface area contributed by atoms with Crippen molar-refractivity contribution in [3.05, 3.63) is 32.5 Å². The van der Waals surface area contributed by atoms with Crippen molar-refractivity contribution in [3.8, 4) is 0 Å². The molecule has 0 aliphatic carbocycles. The topological polar surface area (TPSA) is 76.4 Å². The molecule has 0 amide bonds. The lowest BCUT2D eigenvalue weighted by molar-refractivity contribution is -0.384. The second kappa shape index (κ2) is 7.67. The molecule has 1 heterocycles. The Labute approximate surface area is 130 Å². The number of rotatable bonds is 6. The van der Waals surface area contributed by atoms with E-state index < -0.39 is 10.7 Å². The van der Waals surface area contributed by atoms with E-state index in [0.717, 1.165) is 32.0 Å². The van der Waals surface area contributed by atoms with Crippen LogP contribution in [0.5, 0.6) is 0 Å². The molecule has 0 unspecified atom stereocenters. The number of nitro groups is 1. The summed E-state index contributed by atoms with van der Waals surface area (Å²) < 4.78 is 19.2. The maximum absolute atomic E-state index is 13.3. The van der Waals surface area contributed by atoms with Crippen molar-refractivity contribution in [1.82, 2.24) is 5.32 Å². The molecule has 0 aromatic heterocycles. The van der Waals surface area contributed by atoms with Gasteiger partial charge in [0, 0.05) is 6.54 Å². The highest BCUT2D eigenvalue weighted by atomic mass is 79.9. The summed E-state index contributed by atoms with van der Waals surface area (Å²) in [6.07, 6.45) is 2.19. The van der Waals surface area contributed by atoms with Crippen molar-refractivity contribution in [1.29, 1.82) is 0 Å². The Balaban J connectivity index is 1.87. The summed E-state index contributed by atoms with van der Waals surface area (Å²) in [5, 5.41) is 17.1. The zero-order chi connectivity index (χ0) is 15.2. The average molecular weight is 362 g/mol. The van der Waals surface area contributed by atoms with Crippen LogP contribution >= 0.6 is 15.9 Å². The Morgan fingerprint density at radius 3 is 2.86 bits per heavy atom. The molecular formula is C13H17BrFN3O3. The van der Waals surface area contributed by atoms with E-state index in [0.29, 0.717) is 13.2 Å². The summed E-state index contributed by atoms with van der Waals surface area (Å²) in [7, 11) is 0. The summed E-state index contributed by atoms with van der Waals surface area (Å²) in [4.78, 5) is 10.3. The van der Waals surface area contributed by atoms with Crippen molar-refractivity contribution in [2.75, 3.05) is 31.6 Å². The van der Waals surface area contributed by atoms with Crippen LogP contribution < -0.4 is 10.6 Å². The lowest BCUT2D eigenvalue weighted by Gasteiger charge is -2.23. The minimum absolute atomic E-state index is 0.190. The normalized spacial score (nSPS) is 15.9. The molecule has 0 bridgehead atoms. The van der Waals surface area contributed by atoms with Crippen molar-refractivity contribution >= 4 is 27.3 Å². The molecule has 1 aliphatic rings. The fourth-order valence-corrected chi connectivity index (χ4v) is 2.55. The zero-order valence-corrected chi connectivity index (χ0v) is 13.0. The molecule has 116 valence electrons. The molecule has 0 saturated carbocycles. The fraction of sp³-hybridized carbons (Fsp3) is 0.538. The van der Waals surface area contributed by atoms with Crippen LogP contribution in [-0.4, -0.2) is 37.3 Å². The fourth-order valence-electron chi connectivity index (χ4n) is 2.20. The second-order valence-electron chi connectivity index (χ2n) is 4.79. The highest BCUT2D eigenvalue weighted by Gasteiger charge is 2.18. The van der Waals surface area contributed by atoms with Crippen molar-refractivity contribution < 1.29 is 14.1 Å². The van der Waals surface area contributed by atoms with Crippen LogP contribution in [0.2, 0.25) is 0 Å². The molecule has 1 fully saturated rings. The van der Waals surface area contributed by atoms with Crippen LogP contribution in [0.15, 0.2) is 16.6 Å². The first-order valence-electron chi connectivity index (χ1n) is 6.77. The van der Waals surface area contributed by atoms with E-state index in [-0.39, 0.29) is 22.0 Å². The molecule has 6 nitrogen and oxygen atoms in total. The minimum atomic E-state index is -0.654. The Morgan fingerprint density at radius 1 is 1.48 bits per heavy atom. The van der Waals surface area contributed by atoms with Gasteiger partial charge in [0.05, 0.1) is 28.2 Å². The van der Waals surface area contributed by atoms with E-state index in [1.54, 1.807) is 0 Å². The maximum atomic E-state index is 13.3. The highest BCUT2D eigenvalue weighted by Crippen LogP contribution is 2.30. The SMILES string of the molecule is O=[N+]([O-])c1cc(F)c(Br)cc1NCCOC1CCNCC1. The van der Waals surface area contributed by atoms with Crippen LogP contribution in [0, 0.1) is 15.9 Å². The number of nitrogens with one attached hydrogen (secondary N) is 2. The predicted molar refractivity (Wildman–Crippen MR) is 81.1 cm³/mol. The Hall–Kier alpha value is -1.25. The summed E-state index contributed by atoms with van der Waals surface area (Å²) in [5.74, 6) is -0.654. The molecule has 1 aromatic carbocycles. The molecule has 2 rings (SSSR count). The predicted octanol–water partition coefficient (Wildman–Crippen LogP) is 2.68. The monoisotopic (exact) mass is 361 g/mol. The van der Waals surface area contributed by atoms with E-state index in [1.165, 1.54) is 6.07 Å². The summed E-state index contributed by atoms with van der Waals surface area (Å²) >= 11 is 3.03. The number of halogens is 2. The van der Waals surface area contributed by atoms with Gasteiger partial charge in [0.1, 0.15) is 11.5 Å². The van der Waals surface area contributed by atoms with Crippen molar-refractivity contribution in [2.45, 2.75) is 18.9 Å². The number of piperidine rings is 1. The summed E-state index contributed by atoms with van der Waals surface area (Å²) in [5.41, 5.74) is -0.000229. The third-order valence-electron chi connectivity index (χ3n) is 3.29. The molecule has 1 saturated heterocycles. The Bertz CT molecular complexity index is 510. The van der Waals surface area contributed by atoms with E-state index >= 15 is 0 Å². The van der Waals surface area contributed by atoms with Gasteiger partial charge >= 0.3 is 0 Å². The largest absolute Gasteiger partial charge is 0.377 e. The molecule has 0 atom stereocenters. The molecule has 8 heteroatoms. The number of ether oxygens (including phenoxy) is 1. The number of anilines is 1. The van der Waals surface area contributed by atoms with E-state index in [2.05, 4.69) is 26.6 Å². The molecular weight excluding hydrogens is 345 g/mol. The summed E-state index contributed by atoms with van der Waals surface area (Å²) in [6, 6.07) is 2.28. The molecule has 1 aromatic rings. The number of nitro benzene ring substituents is 1. The van der Waals surface area contributed by atoms with Crippen molar-refractivity contribution in [3.63, 3.8) is 0 Å². The van der Waals surface area contributed by atoms with E-state index in [1.807, 2.05) is 0 Å². The molecule has 0 spiro atoms. The van der Waals surface area contributed by atoms with Gasteiger partial charge in [-0.1, -0.05) is 0 Å². The first-order valence-corrected chi connectivity index (χ1v) is 7.57. The van der Waals surface area contributed by atoms with Gasteiger partial charge in [-0.25, -0.2) is 4.39 Å². The molecule has 0 radical (unpaired) electrons. The van der Waals surface area contributed by atoms with Crippen LogP contribution in [0.25, 0.3) is 0 Å². The van der Waals surface area contributed by atoms with Gasteiger partial charge < -0.3 is 15.4 Å². The van der Waals surface area contributed by atoms with Gasteiger partial charge in [-0.2, -0.15) is 0 Å². The zero-order valence-electron chi connectivity index (χ0n) is 11.4. The smallest absolute Gasteiger partial charge is 0.295 e. The Morgan fingerprint density at radius 2 is 2.19 bits per heavy atom. The van der Waals surface area contributed by atoms with Crippen LogP contribution in [0.3, 0.4) is 0 Å². The third kappa shape index (κ3) is 4.62. The summed E-state index contributed by atoms with van der Waals surface area (Å²) in [6.45, 7) is 2.79. The van der Waals surface area contributed by atoms with Crippen LogP contribution in [-0.2, 0) is 4.74 Å². The van der Waals surface area contributed by atoms with Gasteiger partial charge in [0.15, 0.2) is 0 Å². The first kappa shape index (κ1) is 16.1. The second-order valence-corrected chi connectivity index (χ2v) is 5.64. The van der Waals surface area contributed by atoms with Crippen LogP contribution in [0.1, 0.15) is 12.8 Å². The molecule has 2 N–H and O–H groups in total. The Kier molecular flexibility index (Phi) is 5.89. The van der Waals surface area contributed by atoms with Gasteiger partial charge in [0.2, 0.25) is 0 Å². The number of hydrogen-bond donors (Lipinski definition) is 2. The number of benzene rings is 1.